The number of hydrogen-bond acceptors (Lipinski definition) is 7. The van der Waals surface area contributed by atoms with Crippen molar-refractivity contribution in [2.24, 2.45) is 0 Å². The van der Waals surface area contributed by atoms with Gasteiger partial charge in [0.05, 0.1) is 23.3 Å². The van der Waals surface area contributed by atoms with Gasteiger partial charge in [-0.3, -0.25) is 14.4 Å². The molecule has 38 heavy (non-hydrogen) atoms. The van der Waals surface area contributed by atoms with Gasteiger partial charge in [0.15, 0.2) is 11.5 Å². The second kappa shape index (κ2) is 13.7. The molecule has 3 rings (SSSR count). The number of nitrogens with zero attached hydrogens (tertiary/aromatic N) is 1. The second-order valence-corrected chi connectivity index (χ2v) is 9.83. The van der Waals surface area contributed by atoms with Crippen LogP contribution in [0.1, 0.15) is 35.7 Å². The Bertz CT molecular complexity index is 1190. The van der Waals surface area contributed by atoms with Crippen molar-refractivity contribution >= 4 is 40.7 Å². The third-order valence-electron chi connectivity index (χ3n) is 6.15. The van der Waals surface area contributed by atoms with E-state index < -0.39 is 30.0 Å². The molecule has 0 fully saturated rings. The first kappa shape index (κ1) is 29.5. The van der Waals surface area contributed by atoms with Gasteiger partial charge in [0.2, 0.25) is 11.8 Å². The van der Waals surface area contributed by atoms with E-state index in [-0.39, 0.29) is 55.5 Å². The van der Waals surface area contributed by atoms with Crippen LogP contribution in [0, 0.1) is 9.39 Å². The Labute approximate surface area is 233 Å². The Kier molecular flexibility index (Phi) is 10.6. The fourth-order valence-corrected chi connectivity index (χ4v) is 4.97. The fraction of sp³-hybridized carbons (Fsp3) is 0.370. The number of aliphatic hydroxyl groups is 2. The molecule has 1 aliphatic rings. The second-order valence-electron chi connectivity index (χ2n) is 8.67. The number of benzene rings is 2. The number of aliphatic hydroxyl groups excluding tert-OH is 2. The molecule has 0 unspecified atom stereocenters. The third-order valence-corrected chi connectivity index (χ3v) is 6.95. The third kappa shape index (κ3) is 7.08. The highest BCUT2D eigenvalue weighted by molar-refractivity contribution is 14.1. The minimum absolute atomic E-state index is 0.0288. The van der Waals surface area contributed by atoms with Crippen LogP contribution in [0.15, 0.2) is 48.0 Å². The summed E-state index contributed by atoms with van der Waals surface area (Å²) < 4.78 is 25.6. The lowest BCUT2D eigenvalue weighted by atomic mass is 9.87. The summed E-state index contributed by atoms with van der Waals surface area (Å²) in [6.07, 6.45) is 0.0326. The number of carbonyl (C=O) groups excluding carboxylic acids is 3. The summed E-state index contributed by atoms with van der Waals surface area (Å²) in [6.45, 7) is 1.55. The van der Waals surface area contributed by atoms with Gasteiger partial charge in [-0.15, -0.1) is 0 Å². The summed E-state index contributed by atoms with van der Waals surface area (Å²) in [4.78, 5) is 38.7. The summed E-state index contributed by atoms with van der Waals surface area (Å²) in [6, 6.07) is 7.93. The van der Waals surface area contributed by atoms with Crippen molar-refractivity contribution in [3.63, 3.8) is 0 Å². The topological polar surface area (TPSA) is 125 Å². The van der Waals surface area contributed by atoms with Crippen molar-refractivity contribution in [3.8, 4) is 11.5 Å². The van der Waals surface area contributed by atoms with E-state index in [1.165, 1.54) is 36.3 Å². The summed E-state index contributed by atoms with van der Waals surface area (Å²) >= 11 is 1.98. The van der Waals surface area contributed by atoms with Gasteiger partial charge in [0.1, 0.15) is 24.3 Å². The van der Waals surface area contributed by atoms with Crippen molar-refractivity contribution in [1.82, 2.24) is 10.2 Å². The maximum atomic E-state index is 13.5. The maximum Gasteiger partial charge on any atom is 0.247 e. The number of methoxy groups -OCH3 is 1. The van der Waals surface area contributed by atoms with Gasteiger partial charge < -0.3 is 29.9 Å². The first-order chi connectivity index (χ1) is 18.2. The van der Waals surface area contributed by atoms with Crippen LogP contribution in [-0.2, 0) is 16.1 Å². The monoisotopic (exact) mass is 640 g/mol. The first-order valence-corrected chi connectivity index (χ1v) is 13.1. The minimum Gasteiger partial charge on any atom is -0.493 e. The molecule has 2 amide bonds. The van der Waals surface area contributed by atoms with Crippen molar-refractivity contribution in [2.75, 3.05) is 20.3 Å². The Hall–Kier alpha value is -3.03. The zero-order valence-corrected chi connectivity index (χ0v) is 23.2. The highest BCUT2D eigenvalue weighted by Gasteiger charge is 2.40. The molecule has 0 radical (unpaired) electrons. The van der Waals surface area contributed by atoms with Crippen LogP contribution in [0.25, 0.3) is 0 Å². The van der Waals surface area contributed by atoms with E-state index in [0.717, 1.165) is 0 Å². The predicted molar refractivity (Wildman–Crippen MR) is 145 cm³/mol. The van der Waals surface area contributed by atoms with Crippen LogP contribution in [0.5, 0.6) is 11.5 Å². The van der Waals surface area contributed by atoms with E-state index in [2.05, 4.69) is 5.32 Å². The van der Waals surface area contributed by atoms with Gasteiger partial charge in [-0.25, -0.2) is 4.39 Å². The van der Waals surface area contributed by atoms with Crippen molar-refractivity contribution < 1.29 is 38.5 Å². The summed E-state index contributed by atoms with van der Waals surface area (Å²) in [7, 11) is 1.42. The maximum absolute atomic E-state index is 13.5. The predicted octanol–water partition coefficient (Wildman–Crippen LogP) is 2.61. The molecule has 3 atom stereocenters. The number of nitrogens with one attached hydrogen (secondary N) is 1. The molecule has 0 bridgehead atoms. The number of ether oxygens (including phenoxy) is 2. The van der Waals surface area contributed by atoms with Crippen LogP contribution in [0.3, 0.4) is 0 Å². The quantitative estimate of drug-likeness (QED) is 0.255. The zero-order valence-electron chi connectivity index (χ0n) is 21.0. The molecule has 2 aromatic carbocycles. The molecule has 9 nitrogen and oxygen atoms in total. The lowest BCUT2D eigenvalue weighted by Crippen LogP contribution is -2.54. The number of hydrogen-bond donors (Lipinski definition) is 3. The molecule has 0 spiro atoms. The van der Waals surface area contributed by atoms with Gasteiger partial charge >= 0.3 is 0 Å². The molecule has 204 valence electrons. The number of aldehydes is 1. The van der Waals surface area contributed by atoms with E-state index in [4.69, 9.17) is 14.6 Å². The molecular formula is C27H30FIN2O7. The molecule has 3 N–H and O–H groups in total. The Morgan fingerprint density at radius 2 is 1.97 bits per heavy atom. The van der Waals surface area contributed by atoms with Crippen molar-refractivity contribution in [2.45, 2.75) is 44.6 Å². The van der Waals surface area contributed by atoms with Crippen molar-refractivity contribution in [3.05, 3.63) is 68.6 Å². The normalized spacial score (nSPS) is 18.8. The molecule has 2 aromatic rings. The largest absolute Gasteiger partial charge is 0.493 e. The lowest BCUT2D eigenvalue weighted by Gasteiger charge is -2.40. The van der Waals surface area contributed by atoms with Gasteiger partial charge in [-0.05, 0) is 58.5 Å². The number of rotatable bonds is 11. The fourth-order valence-electron chi connectivity index (χ4n) is 4.22. The van der Waals surface area contributed by atoms with Gasteiger partial charge in [-0.2, -0.15) is 0 Å². The van der Waals surface area contributed by atoms with Crippen LogP contribution < -0.4 is 14.8 Å². The highest BCUT2D eigenvalue weighted by atomic mass is 127. The number of amides is 2. The molecule has 0 heterocycles. The Morgan fingerprint density at radius 1 is 1.26 bits per heavy atom. The van der Waals surface area contributed by atoms with Crippen molar-refractivity contribution in [1.29, 1.82) is 0 Å². The first-order valence-electron chi connectivity index (χ1n) is 12.0. The van der Waals surface area contributed by atoms with E-state index in [0.29, 0.717) is 21.0 Å². The molecule has 1 aliphatic carbocycles. The minimum atomic E-state index is -1.24. The highest BCUT2D eigenvalue weighted by Crippen LogP contribution is 2.37. The standard InChI is InChI=1S/C27H30FIN2O7/c1-3-24(34)31(14-16-4-6-19(28)7-5-16)21-12-18(27(36)30-8-9-32)13-22(25(21)35)38-26-20(29)10-17(15-33)11-23(26)37-2/h4-7,10-11,13,15,21-22,25,32,35H,3,8-9,12,14H2,1-2H3,(H,30,36)/t21-,22+,25+/m1/s1. The van der Waals surface area contributed by atoms with Crippen LogP contribution in [0.4, 0.5) is 4.39 Å². The molecular weight excluding hydrogens is 610 g/mol. The Morgan fingerprint density at radius 3 is 2.58 bits per heavy atom. The van der Waals surface area contributed by atoms with E-state index in [1.807, 2.05) is 22.6 Å². The zero-order chi connectivity index (χ0) is 27.8. The van der Waals surface area contributed by atoms with E-state index in [1.54, 1.807) is 25.1 Å². The van der Waals surface area contributed by atoms with Gasteiger partial charge in [0.25, 0.3) is 0 Å². The molecule has 0 aliphatic heterocycles. The van der Waals surface area contributed by atoms with Gasteiger partial charge in [-0.1, -0.05) is 19.1 Å². The molecule has 0 aromatic heterocycles. The SMILES string of the molecule is CCC(=O)N(Cc1ccc(F)cc1)[C@@H]1CC(C(=O)NCCO)=C[C@H](Oc2c(I)cc(C=O)cc2OC)[C@H]1O. The molecule has 11 heteroatoms. The average molecular weight is 640 g/mol. The van der Waals surface area contributed by atoms with Crippen LogP contribution >= 0.6 is 22.6 Å². The smallest absolute Gasteiger partial charge is 0.247 e. The van der Waals surface area contributed by atoms with E-state index >= 15 is 0 Å². The number of carbonyl (C=O) groups is 3. The van der Waals surface area contributed by atoms with Crippen LogP contribution in [-0.4, -0.2) is 71.7 Å². The summed E-state index contributed by atoms with van der Waals surface area (Å²) in [5, 5.41) is 23.2. The van der Waals surface area contributed by atoms with E-state index in [9.17, 15) is 23.9 Å². The van der Waals surface area contributed by atoms with Crippen LogP contribution in [0.2, 0.25) is 0 Å². The Balaban J connectivity index is 2.02. The lowest BCUT2D eigenvalue weighted by molar-refractivity contribution is -0.139. The summed E-state index contributed by atoms with van der Waals surface area (Å²) in [5.41, 5.74) is 1.30. The summed E-state index contributed by atoms with van der Waals surface area (Å²) in [5.74, 6) is -0.615. The van der Waals surface area contributed by atoms with Gasteiger partial charge in [0, 0.05) is 37.1 Å². The average Bonchev–Trinajstić information content (AvgIpc) is 2.92. The number of halogens is 2. The molecule has 0 saturated heterocycles. The molecule has 0 saturated carbocycles.